The topological polar surface area (TPSA) is 32.3 Å². The highest BCUT2D eigenvalue weighted by Gasteiger charge is 2.39. The predicted octanol–water partition coefficient (Wildman–Crippen LogP) is 3.48. The zero-order chi connectivity index (χ0) is 13.4. The van der Waals surface area contributed by atoms with E-state index in [1.54, 1.807) is 0 Å². The van der Waals surface area contributed by atoms with E-state index in [2.05, 4.69) is 33.0 Å². The molecule has 2 saturated carbocycles. The molecule has 0 aromatic carbocycles. The van der Waals surface area contributed by atoms with Crippen molar-refractivity contribution < 1.29 is 5.11 Å². The highest BCUT2D eigenvalue weighted by atomic mass is 16.3. The number of aliphatic hydroxyl groups is 1. The van der Waals surface area contributed by atoms with Crippen LogP contribution in [0.2, 0.25) is 0 Å². The normalized spacial score (nSPS) is 36.5. The first-order valence-corrected chi connectivity index (χ1v) is 7.70. The molecule has 0 spiro atoms. The van der Waals surface area contributed by atoms with Gasteiger partial charge in [0, 0.05) is 12.1 Å². The third-order valence-electron chi connectivity index (χ3n) is 4.72. The van der Waals surface area contributed by atoms with Gasteiger partial charge in [0.15, 0.2) is 0 Å². The second kappa shape index (κ2) is 5.13. The smallest absolute Gasteiger partial charge is 0.0541 e. The van der Waals surface area contributed by atoms with Crippen molar-refractivity contribution in [1.29, 1.82) is 0 Å². The van der Waals surface area contributed by atoms with Crippen LogP contribution < -0.4 is 5.32 Å². The first kappa shape index (κ1) is 14.3. The summed E-state index contributed by atoms with van der Waals surface area (Å²) in [6, 6.07) is 1.31. The summed E-state index contributed by atoms with van der Waals surface area (Å²) in [6.45, 7) is 9.64. The summed E-state index contributed by atoms with van der Waals surface area (Å²) in [5.41, 5.74) is 0.932. The van der Waals surface area contributed by atoms with Gasteiger partial charge in [-0.15, -0.1) is 0 Å². The van der Waals surface area contributed by atoms with Crippen molar-refractivity contribution in [3.05, 3.63) is 0 Å². The highest BCUT2D eigenvalue weighted by Crippen LogP contribution is 2.45. The van der Waals surface area contributed by atoms with E-state index in [0.29, 0.717) is 22.9 Å². The van der Waals surface area contributed by atoms with Crippen LogP contribution >= 0.6 is 0 Å². The second-order valence-corrected chi connectivity index (χ2v) is 8.28. The molecule has 0 aromatic rings. The lowest BCUT2D eigenvalue weighted by Crippen LogP contribution is -2.48. The van der Waals surface area contributed by atoms with Gasteiger partial charge in [-0.2, -0.15) is 0 Å². The summed E-state index contributed by atoms with van der Waals surface area (Å²) in [6.07, 6.45) is 8.17. The van der Waals surface area contributed by atoms with Crippen molar-refractivity contribution >= 4 is 0 Å². The lowest BCUT2D eigenvalue weighted by Gasteiger charge is -2.46. The number of hydrogen-bond acceptors (Lipinski definition) is 2. The average Bonchev–Trinajstić information content (AvgIpc) is 2.16. The Bertz CT molecular complexity index is 261. The molecule has 2 N–H and O–H groups in total. The number of hydrogen-bond donors (Lipinski definition) is 2. The molecule has 2 fully saturated rings. The molecule has 0 heterocycles. The zero-order valence-corrected chi connectivity index (χ0v) is 12.6. The molecule has 2 nitrogen and oxygen atoms in total. The summed E-state index contributed by atoms with van der Waals surface area (Å²) in [5, 5.41) is 13.4. The molecule has 0 bridgehead atoms. The summed E-state index contributed by atoms with van der Waals surface area (Å²) in [4.78, 5) is 0. The summed E-state index contributed by atoms with van der Waals surface area (Å²) < 4.78 is 0. The van der Waals surface area contributed by atoms with Gasteiger partial charge in [0.05, 0.1) is 6.10 Å². The minimum atomic E-state index is -0.0395. The van der Waals surface area contributed by atoms with E-state index < -0.39 is 0 Å². The molecule has 0 amide bonds. The molecule has 2 heteroatoms. The van der Waals surface area contributed by atoms with E-state index in [-0.39, 0.29) is 6.10 Å². The molecule has 0 radical (unpaired) electrons. The Balaban J connectivity index is 1.89. The van der Waals surface area contributed by atoms with E-state index in [9.17, 15) is 5.11 Å². The number of nitrogens with one attached hydrogen (secondary N) is 1. The Hall–Kier alpha value is -0.0800. The van der Waals surface area contributed by atoms with Gasteiger partial charge in [0.1, 0.15) is 0 Å². The van der Waals surface area contributed by atoms with Crippen molar-refractivity contribution in [3.63, 3.8) is 0 Å². The standard InChI is InChI=1S/C16H31NO/c1-15(2)9-13(10-16(3,4)11-15)17-12-5-7-14(18)8-6-12/h12-14,17-18H,5-11H2,1-4H3. The van der Waals surface area contributed by atoms with E-state index in [0.717, 1.165) is 25.7 Å². The fourth-order valence-electron chi connectivity index (χ4n) is 4.54. The van der Waals surface area contributed by atoms with Gasteiger partial charge in [-0.3, -0.25) is 0 Å². The van der Waals surface area contributed by atoms with Gasteiger partial charge >= 0.3 is 0 Å². The second-order valence-electron chi connectivity index (χ2n) is 8.28. The Morgan fingerprint density at radius 2 is 1.33 bits per heavy atom. The Kier molecular flexibility index (Phi) is 4.08. The number of aliphatic hydroxyl groups excluding tert-OH is 1. The highest BCUT2D eigenvalue weighted by molar-refractivity contribution is 4.93. The van der Waals surface area contributed by atoms with Crippen molar-refractivity contribution in [3.8, 4) is 0 Å². The van der Waals surface area contributed by atoms with Crippen molar-refractivity contribution in [2.24, 2.45) is 10.8 Å². The van der Waals surface area contributed by atoms with Crippen LogP contribution in [0.5, 0.6) is 0 Å². The van der Waals surface area contributed by atoms with Gasteiger partial charge in [-0.05, 0) is 55.8 Å². The Morgan fingerprint density at radius 3 is 1.83 bits per heavy atom. The van der Waals surface area contributed by atoms with E-state index >= 15 is 0 Å². The minimum absolute atomic E-state index is 0.0395. The molecular formula is C16H31NO. The fraction of sp³-hybridized carbons (Fsp3) is 1.00. The monoisotopic (exact) mass is 253 g/mol. The van der Waals surface area contributed by atoms with Gasteiger partial charge in [-0.1, -0.05) is 27.7 Å². The maximum atomic E-state index is 9.57. The molecule has 2 aliphatic rings. The minimum Gasteiger partial charge on any atom is -0.393 e. The molecule has 0 aromatic heterocycles. The fourth-order valence-corrected chi connectivity index (χ4v) is 4.54. The van der Waals surface area contributed by atoms with Crippen LogP contribution in [0.3, 0.4) is 0 Å². The Labute approximate surface area is 113 Å². The summed E-state index contributed by atoms with van der Waals surface area (Å²) in [7, 11) is 0. The van der Waals surface area contributed by atoms with Crippen molar-refractivity contribution in [1.82, 2.24) is 5.32 Å². The van der Waals surface area contributed by atoms with Gasteiger partial charge in [-0.25, -0.2) is 0 Å². The van der Waals surface area contributed by atoms with Crippen molar-refractivity contribution in [2.75, 3.05) is 0 Å². The zero-order valence-electron chi connectivity index (χ0n) is 12.6. The van der Waals surface area contributed by atoms with Crippen LogP contribution in [-0.2, 0) is 0 Å². The average molecular weight is 253 g/mol. The first-order chi connectivity index (χ1) is 8.26. The quantitative estimate of drug-likeness (QED) is 0.789. The lowest BCUT2D eigenvalue weighted by molar-refractivity contribution is 0.0674. The number of rotatable bonds is 2. The van der Waals surface area contributed by atoms with Crippen LogP contribution in [0.25, 0.3) is 0 Å². The molecule has 2 aliphatic carbocycles. The molecule has 0 atom stereocenters. The SMILES string of the molecule is CC1(C)CC(NC2CCC(O)CC2)CC(C)(C)C1. The van der Waals surface area contributed by atoms with Crippen molar-refractivity contribution in [2.45, 2.75) is 90.8 Å². The summed E-state index contributed by atoms with van der Waals surface area (Å²) in [5.74, 6) is 0. The molecule has 0 saturated heterocycles. The van der Waals surface area contributed by atoms with Crippen LogP contribution in [0, 0.1) is 10.8 Å². The van der Waals surface area contributed by atoms with Crippen LogP contribution in [0.4, 0.5) is 0 Å². The van der Waals surface area contributed by atoms with Gasteiger partial charge in [0.2, 0.25) is 0 Å². The van der Waals surface area contributed by atoms with E-state index in [1.165, 1.54) is 19.3 Å². The maximum absolute atomic E-state index is 9.57. The third kappa shape index (κ3) is 3.96. The molecule has 18 heavy (non-hydrogen) atoms. The molecule has 2 rings (SSSR count). The first-order valence-electron chi connectivity index (χ1n) is 7.70. The van der Waals surface area contributed by atoms with Crippen LogP contribution in [0.15, 0.2) is 0 Å². The molecular weight excluding hydrogens is 222 g/mol. The predicted molar refractivity (Wildman–Crippen MR) is 76.6 cm³/mol. The molecule has 0 unspecified atom stereocenters. The van der Waals surface area contributed by atoms with Crippen LogP contribution in [-0.4, -0.2) is 23.3 Å². The maximum Gasteiger partial charge on any atom is 0.0541 e. The third-order valence-corrected chi connectivity index (χ3v) is 4.72. The summed E-state index contributed by atoms with van der Waals surface area (Å²) >= 11 is 0. The van der Waals surface area contributed by atoms with Gasteiger partial charge < -0.3 is 10.4 Å². The Morgan fingerprint density at radius 1 is 0.833 bits per heavy atom. The van der Waals surface area contributed by atoms with E-state index in [4.69, 9.17) is 0 Å². The molecule has 0 aliphatic heterocycles. The van der Waals surface area contributed by atoms with E-state index in [1.807, 2.05) is 0 Å². The molecule has 106 valence electrons. The van der Waals surface area contributed by atoms with Gasteiger partial charge in [0.25, 0.3) is 0 Å². The van der Waals surface area contributed by atoms with Crippen LogP contribution in [0.1, 0.15) is 72.6 Å². The largest absolute Gasteiger partial charge is 0.393 e. The lowest BCUT2D eigenvalue weighted by atomic mass is 9.63.